The van der Waals surface area contributed by atoms with Crippen molar-refractivity contribution in [2.24, 2.45) is 5.92 Å². The van der Waals surface area contributed by atoms with E-state index >= 15 is 0 Å². The highest BCUT2D eigenvalue weighted by atomic mass is 32.2. The van der Waals surface area contributed by atoms with E-state index in [0.717, 1.165) is 30.6 Å². The number of benzene rings is 2. The number of sulfonamides is 1. The summed E-state index contributed by atoms with van der Waals surface area (Å²) in [6, 6.07) is 18.3. The van der Waals surface area contributed by atoms with Crippen LogP contribution in [0.2, 0.25) is 0 Å². The Morgan fingerprint density at radius 3 is 2.59 bits per heavy atom. The van der Waals surface area contributed by atoms with Gasteiger partial charge in [0.2, 0.25) is 10.0 Å². The molecule has 6 nitrogen and oxygen atoms in total. The van der Waals surface area contributed by atoms with Crippen molar-refractivity contribution in [2.45, 2.75) is 30.7 Å². The number of hydrogen-bond acceptors (Lipinski definition) is 5. The predicted molar refractivity (Wildman–Crippen MR) is 133 cm³/mol. The maximum Gasteiger partial charge on any atom is 0.253 e. The first-order chi connectivity index (χ1) is 16.5. The highest BCUT2D eigenvalue weighted by molar-refractivity contribution is 7.89. The van der Waals surface area contributed by atoms with Gasteiger partial charge in [-0.05, 0) is 72.5 Å². The molecule has 0 radical (unpaired) electrons. The number of amides is 1. The van der Waals surface area contributed by atoms with Crippen LogP contribution in [0.3, 0.4) is 0 Å². The van der Waals surface area contributed by atoms with E-state index in [2.05, 4.69) is 0 Å². The number of carbonyl (C=O) groups excluding carboxylic acids is 1. The van der Waals surface area contributed by atoms with E-state index in [9.17, 15) is 13.2 Å². The second-order valence-electron chi connectivity index (χ2n) is 8.85. The molecule has 1 fully saturated rings. The van der Waals surface area contributed by atoms with Gasteiger partial charge in [-0.2, -0.15) is 4.31 Å². The molecule has 2 aliphatic heterocycles. The van der Waals surface area contributed by atoms with Crippen molar-refractivity contribution in [3.05, 3.63) is 82.0 Å². The van der Waals surface area contributed by atoms with Gasteiger partial charge in [-0.1, -0.05) is 24.3 Å². The molecule has 178 valence electrons. The van der Waals surface area contributed by atoms with Gasteiger partial charge < -0.3 is 9.64 Å². The molecule has 0 unspecified atom stereocenters. The fourth-order valence-corrected chi connectivity index (χ4v) is 6.94. The molecule has 0 N–H and O–H groups in total. The Morgan fingerprint density at radius 2 is 1.79 bits per heavy atom. The minimum Gasteiger partial charge on any atom is -0.493 e. The van der Waals surface area contributed by atoms with Crippen LogP contribution in [-0.2, 0) is 23.0 Å². The second-order valence-corrected chi connectivity index (χ2v) is 11.8. The molecule has 1 saturated heterocycles. The van der Waals surface area contributed by atoms with E-state index in [4.69, 9.17) is 4.74 Å². The Bertz CT molecular complexity index is 1250. The molecule has 0 bridgehead atoms. The van der Waals surface area contributed by atoms with Gasteiger partial charge in [0, 0.05) is 36.6 Å². The van der Waals surface area contributed by atoms with Gasteiger partial charge in [-0.3, -0.25) is 4.79 Å². The van der Waals surface area contributed by atoms with E-state index in [1.165, 1.54) is 15.2 Å². The SMILES string of the molecule is O=C(c1cccc(S(=O)(=O)N2CCc3sccc3C2)c1)N1CCC(COc2ccccc2)CC1. The van der Waals surface area contributed by atoms with Gasteiger partial charge in [-0.25, -0.2) is 8.42 Å². The average molecular weight is 497 g/mol. The predicted octanol–water partition coefficient (Wildman–Crippen LogP) is 4.43. The van der Waals surface area contributed by atoms with Gasteiger partial charge in [0.25, 0.3) is 5.91 Å². The van der Waals surface area contributed by atoms with Gasteiger partial charge >= 0.3 is 0 Å². The fourth-order valence-electron chi connectivity index (χ4n) is 4.58. The number of para-hydroxylation sites is 1. The molecule has 34 heavy (non-hydrogen) atoms. The van der Waals surface area contributed by atoms with Gasteiger partial charge in [-0.15, -0.1) is 11.3 Å². The van der Waals surface area contributed by atoms with Crippen LogP contribution in [0.15, 0.2) is 70.9 Å². The summed E-state index contributed by atoms with van der Waals surface area (Å²) in [4.78, 5) is 16.4. The normalized spacial score (nSPS) is 17.4. The highest BCUT2D eigenvalue weighted by Crippen LogP contribution is 2.29. The number of piperidine rings is 1. The van der Waals surface area contributed by atoms with Crippen molar-refractivity contribution >= 4 is 27.3 Å². The topological polar surface area (TPSA) is 66.9 Å². The number of likely N-dealkylation sites (tertiary alicyclic amines) is 1. The number of ether oxygens (including phenoxy) is 1. The fraction of sp³-hybridized carbons (Fsp3) is 0.346. The summed E-state index contributed by atoms with van der Waals surface area (Å²) >= 11 is 1.68. The smallest absolute Gasteiger partial charge is 0.253 e. The molecule has 1 aromatic heterocycles. The zero-order chi connectivity index (χ0) is 23.5. The first-order valence-corrected chi connectivity index (χ1v) is 14.0. The third-order valence-corrected chi connectivity index (χ3v) is 9.49. The lowest BCUT2D eigenvalue weighted by Crippen LogP contribution is -2.40. The molecule has 3 aromatic rings. The summed E-state index contributed by atoms with van der Waals surface area (Å²) in [5, 5.41) is 2.01. The molecule has 2 aromatic carbocycles. The van der Waals surface area contributed by atoms with E-state index in [0.29, 0.717) is 44.3 Å². The van der Waals surface area contributed by atoms with Crippen LogP contribution in [0.4, 0.5) is 0 Å². The second kappa shape index (κ2) is 9.90. The largest absolute Gasteiger partial charge is 0.493 e. The summed E-state index contributed by atoms with van der Waals surface area (Å²) in [5.41, 5.74) is 1.50. The van der Waals surface area contributed by atoms with E-state index in [1.54, 1.807) is 29.5 Å². The van der Waals surface area contributed by atoms with Crippen LogP contribution < -0.4 is 4.74 Å². The minimum atomic E-state index is -3.66. The maximum atomic E-state index is 13.3. The van der Waals surface area contributed by atoms with Crippen LogP contribution in [0, 0.1) is 5.92 Å². The van der Waals surface area contributed by atoms with Crippen LogP contribution in [0.1, 0.15) is 33.6 Å². The van der Waals surface area contributed by atoms with E-state index in [-0.39, 0.29) is 10.8 Å². The standard InChI is InChI=1S/C26H28N2O4S2/c29-26(27-13-9-20(10-14-27)19-32-23-6-2-1-3-7-23)21-5-4-8-24(17-21)34(30,31)28-15-11-25-22(18-28)12-16-33-25/h1-8,12,16-17,20H,9-11,13-15,18-19H2. The third kappa shape index (κ3) is 4.89. The number of fused-ring (bicyclic) bond motifs is 1. The molecule has 2 aliphatic rings. The minimum absolute atomic E-state index is 0.113. The van der Waals surface area contributed by atoms with Gasteiger partial charge in [0.1, 0.15) is 5.75 Å². The quantitative estimate of drug-likeness (QED) is 0.507. The number of nitrogens with zero attached hydrogens (tertiary/aromatic N) is 2. The number of carbonyl (C=O) groups is 1. The van der Waals surface area contributed by atoms with Gasteiger partial charge in [0.15, 0.2) is 0 Å². The zero-order valence-electron chi connectivity index (χ0n) is 18.9. The molecule has 8 heteroatoms. The summed E-state index contributed by atoms with van der Waals surface area (Å²) in [5.74, 6) is 1.15. The molecule has 0 aliphatic carbocycles. The number of thiophene rings is 1. The third-order valence-electron chi connectivity index (χ3n) is 6.62. The molecule has 0 spiro atoms. The number of rotatable bonds is 6. The van der Waals surface area contributed by atoms with Crippen LogP contribution in [0.25, 0.3) is 0 Å². The summed E-state index contributed by atoms with van der Waals surface area (Å²) in [6.45, 7) is 2.78. The monoisotopic (exact) mass is 496 g/mol. The zero-order valence-corrected chi connectivity index (χ0v) is 20.6. The highest BCUT2D eigenvalue weighted by Gasteiger charge is 2.30. The van der Waals surface area contributed by atoms with E-state index < -0.39 is 10.0 Å². The lowest BCUT2D eigenvalue weighted by Gasteiger charge is -2.32. The molecule has 0 atom stereocenters. The summed E-state index contributed by atoms with van der Waals surface area (Å²) in [6.07, 6.45) is 2.47. The van der Waals surface area contributed by atoms with Crippen LogP contribution >= 0.6 is 11.3 Å². The molecular formula is C26H28N2O4S2. The molecule has 0 saturated carbocycles. The van der Waals surface area contributed by atoms with Crippen molar-refractivity contribution in [1.82, 2.24) is 9.21 Å². The van der Waals surface area contributed by atoms with Gasteiger partial charge in [0.05, 0.1) is 11.5 Å². The Kier molecular flexibility index (Phi) is 6.72. The number of hydrogen-bond donors (Lipinski definition) is 0. The molecule has 3 heterocycles. The maximum absolute atomic E-state index is 13.3. The van der Waals surface area contributed by atoms with E-state index in [1.807, 2.05) is 46.7 Å². The van der Waals surface area contributed by atoms with Crippen LogP contribution in [-0.4, -0.2) is 49.8 Å². The average Bonchev–Trinajstić information content (AvgIpc) is 3.36. The molecule has 5 rings (SSSR count). The first kappa shape index (κ1) is 23.1. The van der Waals surface area contributed by atoms with Crippen molar-refractivity contribution in [1.29, 1.82) is 0 Å². The Labute approximate surface area is 204 Å². The van der Waals surface area contributed by atoms with Crippen molar-refractivity contribution in [3.63, 3.8) is 0 Å². The lowest BCUT2D eigenvalue weighted by molar-refractivity contribution is 0.0661. The van der Waals surface area contributed by atoms with Crippen LogP contribution in [0.5, 0.6) is 5.75 Å². The summed E-state index contributed by atoms with van der Waals surface area (Å²) < 4.78 is 34.0. The Hall–Kier alpha value is -2.68. The van der Waals surface area contributed by atoms with Crippen molar-refractivity contribution < 1.29 is 17.9 Å². The molecule has 1 amide bonds. The summed E-state index contributed by atoms with van der Waals surface area (Å²) in [7, 11) is -3.66. The first-order valence-electron chi connectivity index (χ1n) is 11.6. The Balaban J connectivity index is 1.21. The van der Waals surface area contributed by atoms with Crippen molar-refractivity contribution in [3.8, 4) is 5.75 Å². The lowest BCUT2D eigenvalue weighted by atomic mass is 9.97. The molecular weight excluding hydrogens is 468 g/mol. The van der Waals surface area contributed by atoms with Crippen molar-refractivity contribution in [2.75, 3.05) is 26.2 Å². The Morgan fingerprint density at radius 1 is 1.00 bits per heavy atom.